The summed E-state index contributed by atoms with van der Waals surface area (Å²) in [6.07, 6.45) is 3.90. The van der Waals surface area contributed by atoms with E-state index in [4.69, 9.17) is 9.47 Å². The fourth-order valence-corrected chi connectivity index (χ4v) is 3.78. The van der Waals surface area contributed by atoms with E-state index in [0.29, 0.717) is 19.1 Å². The molecular formula is C19H24N4O3. The fraction of sp³-hybridized carbons (Fsp3) is 0.474. The molecule has 0 radical (unpaired) electrons. The van der Waals surface area contributed by atoms with Crippen LogP contribution in [0.3, 0.4) is 0 Å². The molecule has 4 rings (SSSR count). The smallest absolute Gasteiger partial charge is 0.221 e. The second kappa shape index (κ2) is 7.37. The van der Waals surface area contributed by atoms with Crippen LogP contribution < -0.4 is 14.8 Å². The van der Waals surface area contributed by atoms with Crippen LogP contribution in [0, 0.1) is 0 Å². The monoisotopic (exact) mass is 356 g/mol. The Morgan fingerprint density at radius 2 is 2.19 bits per heavy atom. The van der Waals surface area contributed by atoms with Crippen LogP contribution in [0.15, 0.2) is 24.4 Å². The van der Waals surface area contributed by atoms with Gasteiger partial charge >= 0.3 is 0 Å². The van der Waals surface area contributed by atoms with E-state index in [1.807, 2.05) is 6.07 Å². The van der Waals surface area contributed by atoms with Crippen LogP contribution in [0.4, 0.5) is 5.69 Å². The molecule has 2 N–H and O–H groups in total. The molecule has 0 saturated carbocycles. The predicted octanol–water partition coefficient (Wildman–Crippen LogP) is 2.52. The first-order valence-corrected chi connectivity index (χ1v) is 9.11. The Hall–Kier alpha value is -2.54. The summed E-state index contributed by atoms with van der Waals surface area (Å²) in [5, 5.41) is 10.1. The molecule has 7 nitrogen and oxygen atoms in total. The largest absolute Gasteiger partial charge is 0.486 e. The van der Waals surface area contributed by atoms with Gasteiger partial charge in [0, 0.05) is 25.9 Å². The van der Waals surface area contributed by atoms with Crippen LogP contribution in [0.2, 0.25) is 0 Å². The molecule has 1 fully saturated rings. The van der Waals surface area contributed by atoms with Gasteiger partial charge in [0.1, 0.15) is 13.2 Å². The minimum Gasteiger partial charge on any atom is -0.486 e. The van der Waals surface area contributed by atoms with E-state index in [1.165, 1.54) is 12.5 Å². The van der Waals surface area contributed by atoms with Gasteiger partial charge in [-0.2, -0.15) is 5.10 Å². The maximum Gasteiger partial charge on any atom is 0.221 e. The quantitative estimate of drug-likeness (QED) is 0.880. The highest BCUT2D eigenvalue weighted by Crippen LogP contribution is 2.33. The van der Waals surface area contributed by atoms with Gasteiger partial charge in [0.05, 0.1) is 17.6 Å². The minimum absolute atomic E-state index is 0.0726. The van der Waals surface area contributed by atoms with Crippen molar-refractivity contribution in [2.75, 3.05) is 31.6 Å². The first-order chi connectivity index (χ1) is 12.7. The Balaban J connectivity index is 1.44. The molecule has 1 amide bonds. The zero-order valence-corrected chi connectivity index (χ0v) is 15.0. The van der Waals surface area contributed by atoms with Gasteiger partial charge in [0.2, 0.25) is 5.91 Å². The maximum atomic E-state index is 11.4. The number of likely N-dealkylation sites (tertiary alicyclic amines) is 1. The lowest BCUT2D eigenvalue weighted by molar-refractivity contribution is -0.114. The second-order valence-electron chi connectivity index (χ2n) is 6.93. The van der Waals surface area contributed by atoms with Crippen LogP contribution in [0.25, 0.3) is 0 Å². The lowest BCUT2D eigenvalue weighted by Crippen LogP contribution is -2.34. The maximum absolute atomic E-state index is 11.4. The number of rotatable bonds is 4. The van der Waals surface area contributed by atoms with Gasteiger partial charge in [-0.05, 0) is 37.1 Å². The van der Waals surface area contributed by atoms with Gasteiger partial charge in [-0.15, -0.1) is 0 Å². The lowest BCUT2D eigenvalue weighted by Gasteiger charge is -2.32. The molecule has 7 heteroatoms. The topological polar surface area (TPSA) is 79.5 Å². The molecule has 2 aliphatic rings. The van der Waals surface area contributed by atoms with E-state index in [2.05, 4.69) is 32.5 Å². The van der Waals surface area contributed by atoms with Crippen molar-refractivity contribution >= 4 is 11.6 Å². The molecule has 0 bridgehead atoms. The van der Waals surface area contributed by atoms with Gasteiger partial charge in [-0.25, -0.2) is 0 Å². The standard InChI is InChI=1S/C19H24N4O3/c1-13(24)21-16-10-20-22-19(16)15-3-2-6-23(12-15)11-14-4-5-17-18(9-14)26-8-7-25-17/h4-5,9-10,15H,2-3,6-8,11-12H2,1H3,(H,20,22)(H,21,24)/t15-/m1/s1. The summed E-state index contributed by atoms with van der Waals surface area (Å²) in [5.41, 5.74) is 3.04. The highest BCUT2D eigenvalue weighted by molar-refractivity contribution is 5.89. The summed E-state index contributed by atoms with van der Waals surface area (Å²) in [5.74, 6) is 1.93. The van der Waals surface area contributed by atoms with E-state index >= 15 is 0 Å². The Morgan fingerprint density at radius 3 is 3.04 bits per heavy atom. The first-order valence-electron chi connectivity index (χ1n) is 9.11. The predicted molar refractivity (Wildman–Crippen MR) is 97.6 cm³/mol. The molecule has 2 aliphatic heterocycles. The molecule has 138 valence electrons. The zero-order chi connectivity index (χ0) is 17.9. The molecule has 1 saturated heterocycles. The number of aromatic amines is 1. The van der Waals surface area contributed by atoms with Gasteiger partial charge in [0.25, 0.3) is 0 Å². The summed E-state index contributed by atoms with van der Waals surface area (Å²) >= 11 is 0. The van der Waals surface area contributed by atoms with E-state index in [9.17, 15) is 4.79 Å². The fourth-order valence-electron chi connectivity index (χ4n) is 3.78. The number of hydrogen-bond acceptors (Lipinski definition) is 5. The Labute approximate surface area is 152 Å². The number of H-pyrrole nitrogens is 1. The van der Waals surface area contributed by atoms with Gasteiger partial charge in [-0.3, -0.25) is 14.8 Å². The molecule has 1 atom stereocenters. The first kappa shape index (κ1) is 16.9. The SMILES string of the molecule is CC(=O)Nc1cn[nH]c1[C@@H]1CCCN(Cc2ccc3c(c2)OCCO3)C1. The number of hydrogen-bond donors (Lipinski definition) is 2. The number of ether oxygens (including phenoxy) is 2. The van der Waals surface area contributed by atoms with Crippen molar-refractivity contribution in [1.29, 1.82) is 0 Å². The number of amides is 1. The van der Waals surface area contributed by atoms with Crippen molar-refractivity contribution in [3.05, 3.63) is 35.7 Å². The average Bonchev–Trinajstić information content (AvgIpc) is 3.09. The summed E-state index contributed by atoms with van der Waals surface area (Å²) < 4.78 is 11.3. The molecule has 0 aliphatic carbocycles. The van der Waals surface area contributed by atoms with E-state index in [-0.39, 0.29) is 5.91 Å². The number of nitrogens with zero attached hydrogens (tertiary/aromatic N) is 2. The van der Waals surface area contributed by atoms with Crippen molar-refractivity contribution < 1.29 is 14.3 Å². The number of benzene rings is 1. The molecule has 26 heavy (non-hydrogen) atoms. The Kier molecular flexibility index (Phi) is 4.79. The summed E-state index contributed by atoms with van der Waals surface area (Å²) in [7, 11) is 0. The average molecular weight is 356 g/mol. The molecule has 0 unspecified atom stereocenters. The molecule has 1 aromatic heterocycles. The molecule has 2 aromatic rings. The third-order valence-electron chi connectivity index (χ3n) is 4.91. The van der Waals surface area contributed by atoms with Crippen LogP contribution in [0.5, 0.6) is 11.5 Å². The van der Waals surface area contributed by atoms with Crippen LogP contribution in [0.1, 0.15) is 36.9 Å². The van der Waals surface area contributed by atoms with Gasteiger partial charge in [0.15, 0.2) is 11.5 Å². The van der Waals surface area contributed by atoms with E-state index < -0.39 is 0 Å². The van der Waals surface area contributed by atoms with Crippen molar-refractivity contribution in [2.45, 2.75) is 32.2 Å². The van der Waals surface area contributed by atoms with Crippen molar-refractivity contribution in [2.24, 2.45) is 0 Å². The summed E-state index contributed by atoms with van der Waals surface area (Å²) in [6, 6.07) is 6.18. The number of carbonyl (C=O) groups is 1. The summed E-state index contributed by atoms with van der Waals surface area (Å²) in [6.45, 7) is 5.61. The lowest BCUT2D eigenvalue weighted by atomic mass is 9.93. The van der Waals surface area contributed by atoms with Crippen molar-refractivity contribution in [3.63, 3.8) is 0 Å². The Bertz CT molecular complexity index is 789. The number of aromatic nitrogens is 2. The summed E-state index contributed by atoms with van der Waals surface area (Å²) in [4.78, 5) is 13.8. The highest BCUT2D eigenvalue weighted by atomic mass is 16.6. The van der Waals surface area contributed by atoms with E-state index in [1.54, 1.807) is 6.20 Å². The molecule has 1 aromatic carbocycles. The molecule has 0 spiro atoms. The van der Waals surface area contributed by atoms with Gasteiger partial charge < -0.3 is 14.8 Å². The number of fused-ring (bicyclic) bond motifs is 1. The molecular weight excluding hydrogens is 332 g/mol. The number of carbonyl (C=O) groups excluding carboxylic acids is 1. The molecule has 3 heterocycles. The van der Waals surface area contributed by atoms with Crippen LogP contribution >= 0.6 is 0 Å². The second-order valence-corrected chi connectivity index (χ2v) is 6.93. The van der Waals surface area contributed by atoms with E-state index in [0.717, 1.165) is 55.4 Å². The van der Waals surface area contributed by atoms with Gasteiger partial charge in [-0.1, -0.05) is 6.07 Å². The Morgan fingerprint density at radius 1 is 1.35 bits per heavy atom. The minimum atomic E-state index is -0.0726. The highest BCUT2D eigenvalue weighted by Gasteiger charge is 2.25. The third-order valence-corrected chi connectivity index (χ3v) is 4.91. The van der Waals surface area contributed by atoms with Crippen LogP contribution in [-0.4, -0.2) is 47.3 Å². The van der Waals surface area contributed by atoms with Crippen LogP contribution in [-0.2, 0) is 11.3 Å². The van der Waals surface area contributed by atoms with Crippen molar-refractivity contribution in [3.8, 4) is 11.5 Å². The number of nitrogens with one attached hydrogen (secondary N) is 2. The van der Waals surface area contributed by atoms with Crippen molar-refractivity contribution in [1.82, 2.24) is 15.1 Å². The third kappa shape index (κ3) is 3.67. The zero-order valence-electron chi connectivity index (χ0n) is 15.0. The number of piperidine rings is 1. The number of anilines is 1. The normalized spacial score (nSPS) is 20.0.